The van der Waals surface area contributed by atoms with Crippen LogP contribution in [0.25, 0.3) is 0 Å². The minimum atomic E-state index is -0.896. The van der Waals surface area contributed by atoms with Crippen LogP contribution >= 0.6 is 15.9 Å². The summed E-state index contributed by atoms with van der Waals surface area (Å²) >= 11 is 3.31. The third kappa shape index (κ3) is 3.11. The number of hydrogen-bond donors (Lipinski definition) is 2. The molecule has 1 aliphatic carbocycles. The van der Waals surface area contributed by atoms with Gasteiger partial charge in [0.2, 0.25) is 0 Å². The Morgan fingerprint density at radius 1 is 1.42 bits per heavy atom. The summed E-state index contributed by atoms with van der Waals surface area (Å²) in [5.74, 6) is -0.896. The normalized spacial score (nSPS) is 17.4. The van der Waals surface area contributed by atoms with Gasteiger partial charge < -0.3 is 10.4 Å². The average Bonchev–Trinajstić information content (AvgIpc) is 2.85. The Morgan fingerprint density at radius 3 is 2.68 bits per heavy atom. The Labute approximate surface area is 122 Å². The minimum Gasteiger partial charge on any atom is -0.478 e. The first kappa shape index (κ1) is 14.4. The maximum atomic E-state index is 11.3. The summed E-state index contributed by atoms with van der Waals surface area (Å²) in [6.07, 6.45) is 6.22. The van der Waals surface area contributed by atoms with Crippen LogP contribution < -0.4 is 5.32 Å². The molecule has 0 spiro atoms. The van der Waals surface area contributed by atoms with Gasteiger partial charge in [-0.05, 0) is 52.7 Å². The monoisotopic (exact) mass is 325 g/mol. The van der Waals surface area contributed by atoms with Crippen LogP contribution in [0.4, 0.5) is 5.69 Å². The predicted molar refractivity (Wildman–Crippen MR) is 80.8 cm³/mol. The van der Waals surface area contributed by atoms with E-state index in [1.165, 1.54) is 25.7 Å². The van der Waals surface area contributed by atoms with Gasteiger partial charge in [0.1, 0.15) is 0 Å². The molecule has 104 valence electrons. The summed E-state index contributed by atoms with van der Waals surface area (Å²) in [6, 6.07) is 5.47. The number of carbonyl (C=O) groups is 1. The van der Waals surface area contributed by atoms with Crippen LogP contribution in [0.3, 0.4) is 0 Å². The molecule has 0 radical (unpaired) electrons. The Balaban J connectivity index is 2.15. The van der Waals surface area contributed by atoms with Crippen molar-refractivity contribution in [2.75, 3.05) is 11.9 Å². The molecule has 3 nitrogen and oxygen atoms in total. The highest BCUT2D eigenvalue weighted by Crippen LogP contribution is 2.41. The summed E-state index contributed by atoms with van der Waals surface area (Å²) in [4.78, 5) is 11.3. The van der Waals surface area contributed by atoms with Crippen molar-refractivity contribution >= 4 is 27.6 Å². The second-order valence-corrected chi connectivity index (χ2v) is 6.24. The molecule has 0 aliphatic heterocycles. The fourth-order valence-electron chi connectivity index (χ4n) is 2.95. The number of rotatable bonds is 5. The molecule has 2 rings (SSSR count). The quantitative estimate of drug-likeness (QED) is 0.836. The second kappa shape index (κ2) is 5.95. The highest BCUT2D eigenvalue weighted by Gasteiger charge is 2.32. The van der Waals surface area contributed by atoms with E-state index in [2.05, 4.69) is 28.2 Å². The first-order valence-electron chi connectivity index (χ1n) is 6.84. The van der Waals surface area contributed by atoms with Gasteiger partial charge in [-0.1, -0.05) is 25.8 Å². The number of carboxylic acids is 1. The molecule has 19 heavy (non-hydrogen) atoms. The van der Waals surface area contributed by atoms with Crippen molar-refractivity contribution in [1.29, 1.82) is 0 Å². The van der Waals surface area contributed by atoms with Crippen molar-refractivity contribution in [3.63, 3.8) is 0 Å². The number of hydrogen-bond acceptors (Lipinski definition) is 2. The van der Waals surface area contributed by atoms with Gasteiger partial charge in [0.05, 0.1) is 5.56 Å². The van der Waals surface area contributed by atoms with E-state index in [1.54, 1.807) is 6.07 Å². The van der Waals surface area contributed by atoms with Gasteiger partial charge in [-0.25, -0.2) is 4.79 Å². The van der Waals surface area contributed by atoms with Gasteiger partial charge in [0.15, 0.2) is 0 Å². The van der Waals surface area contributed by atoms with E-state index in [-0.39, 0.29) is 0 Å². The van der Waals surface area contributed by atoms with Gasteiger partial charge in [0.25, 0.3) is 0 Å². The van der Waals surface area contributed by atoms with Crippen molar-refractivity contribution in [2.45, 2.75) is 39.0 Å². The van der Waals surface area contributed by atoms with Crippen LogP contribution in [0.5, 0.6) is 0 Å². The molecule has 4 heteroatoms. The Morgan fingerprint density at radius 2 is 2.11 bits per heavy atom. The molecule has 1 aromatic rings. The van der Waals surface area contributed by atoms with E-state index in [0.29, 0.717) is 21.1 Å². The molecule has 0 bridgehead atoms. The van der Waals surface area contributed by atoms with Gasteiger partial charge in [-0.15, -0.1) is 0 Å². The van der Waals surface area contributed by atoms with Gasteiger partial charge >= 0.3 is 5.97 Å². The van der Waals surface area contributed by atoms with Crippen LogP contribution in [0.1, 0.15) is 49.4 Å². The van der Waals surface area contributed by atoms with Crippen LogP contribution in [-0.2, 0) is 0 Å². The first-order chi connectivity index (χ1) is 9.08. The third-order valence-electron chi connectivity index (χ3n) is 4.30. The molecule has 1 fully saturated rings. The van der Waals surface area contributed by atoms with Crippen LogP contribution in [-0.4, -0.2) is 17.6 Å². The lowest BCUT2D eigenvalue weighted by molar-refractivity contribution is 0.0697. The Bertz CT molecular complexity index is 467. The van der Waals surface area contributed by atoms with Crippen molar-refractivity contribution in [3.8, 4) is 0 Å². The zero-order chi connectivity index (χ0) is 13.9. The molecular formula is C15H20BrNO2. The van der Waals surface area contributed by atoms with Crippen LogP contribution in [0.15, 0.2) is 22.7 Å². The van der Waals surface area contributed by atoms with E-state index < -0.39 is 5.97 Å². The lowest BCUT2D eigenvalue weighted by Gasteiger charge is -2.28. The van der Waals surface area contributed by atoms with E-state index in [9.17, 15) is 9.90 Å². The van der Waals surface area contributed by atoms with Gasteiger partial charge in [0, 0.05) is 16.7 Å². The number of nitrogens with one attached hydrogen (secondary N) is 1. The largest absolute Gasteiger partial charge is 0.478 e. The summed E-state index contributed by atoms with van der Waals surface area (Å²) in [5, 5.41) is 12.6. The molecule has 1 aliphatic rings. The zero-order valence-electron chi connectivity index (χ0n) is 11.2. The van der Waals surface area contributed by atoms with E-state index in [4.69, 9.17) is 0 Å². The number of anilines is 1. The molecule has 0 saturated heterocycles. The maximum Gasteiger partial charge on any atom is 0.338 e. The van der Waals surface area contributed by atoms with Crippen LogP contribution in [0, 0.1) is 5.41 Å². The molecule has 0 heterocycles. The lowest BCUT2D eigenvalue weighted by atomic mass is 9.83. The summed E-state index contributed by atoms with van der Waals surface area (Å²) < 4.78 is 0.627. The molecular weight excluding hydrogens is 306 g/mol. The Hall–Kier alpha value is -1.03. The Kier molecular flexibility index (Phi) is 4.50. The van der Waals surface area contributed by atoms with Gasteiger partial charge in [-0.3, -0.25) is 0 Å². The van der Waals surface area contributed by atoms with Crippen molar-refractivity contribution in [1.82, 2.24) is 0 Å². The predicted octanol–water partition coefficient (Wildman–Crippen LogP) is 4.53. The van der Waals surface area contributed by atoms with Crippen molar-refractivity contribution < 1.29 is 9.90 Å². The summed E-state index contributed by atoms with van der Waals surface area (Å²) in [7, 11) is 0. The van der Waals surface area contributed by atoms with Gasteiger partial charge in [-0.2, -0.15) is 0 Å². The first-order valence-corrected chi connectivity index (χ1v) is 7.63. The summed E-state index contributed by atoms with van der Waals surface area (Å²) in [5.41, 5.74) is 1.38. The topological polar surface area (TPSA) is 49.3 Å². The molecule has 0 aromatic heterocycles. The van der Waals surface area contributed by atoms with Crippen molar-refractivity contribution in [2.24, 2.45) is 5.41 Å². The molecule has 2 N–H and O–H groups in total. The molecule has 1 saturated carbocycles. The van der Waals surface area contributed by atoms with Crippen molar-refractivity contribution in [3.05, 3.63) is 28.2 Å². The fourth-order valence-corrected chi connectivity index (χ4v) is 3.49. The second-order valence-electron chi connectivity index (χ2n) is 5.38. The fraction of sp³-hybridized carbons (Fsp3) is 0.533. The SMILES string of the molecule is CCC1(CNc2cccc(Br)c2C(=O)O)CCCC1. The smallest absolute Gasteiger partial charge is 0.338 e. The van der Waals surface area contributed by atoms with Crippen LogP contribution in [0.2, 0.25) is 0 Å². The molecule has 0 atom stereocenters. The zero-order valence-corrected chi connectivity index (χ0v) is 12.8. The number of benzene rings is 1. The number of aromatic carboxylic acids is 1. The summed E-state index contributed by atoms with van der Waals surface area (Å²) in [6.45, 7) is 3.09. The average molecular weight is 326 g/mol. The number of carboxylic acid groups (broad SMARTS) is 1. The number of halogens is 1. The maximum absolute atomic E-state index is 11.3. The molecule has 0 unspecified atom stereocenters. The molecule has 1 aromatic carbocycles. The van der Waals surface area contributed by atoms with E-state index in [1.807, 2.05) is 12.1 Å². The minimum absolute atomic E-state index is 0.326. The standard InChI is InChI=1S/C15H20BrNO2/c1-2-15(8-3-4-9-15)10-17-12-7-5-6-11(16)13(12)14(18)19/h5-7,17H,2-4,8-10H2,1H3,(H,18,19). The lowest BCUT2D eigenvalue weighted by Crippen LogP contribution is -2.26. The highest BCUT2D eigenvalue weighted by molar-refractivity contribution is 9.10. The van der Waals surface area contributed by atoms with E-state index >= 15 is 0 Å². The highest BCUT2D eigenvalue weighted by atomic mass is 79.9. The molecule has 0 amide bonds. The third-order valence-corrected chi connectivity index (χ3v) is 4.96. The van der Waals surface area contributed by atoms with E-state index in [0.717, 1.165) is 13.0 Å².